The lowest BCUT2D eigenvalue weighted by Gasteiger charge is -2.20. The number of benzene rings is 1. The van der Waals surface area contributed by atoms with E-state index in [1.54, 1.807) is 6.33 Å². The van der Waals surface area contributed by atoms with Crippen LogP contribution in [0, 0.1) is 6.92 Å². The Bertz CT molecular complexity index is 584. The van der Waals surface area contributed by atoms with E-state index >= 15 is 0 Å². The lowest BCUT2D eigenvalue weighted by atomic mass is 10.1. The van der Waals surface area contributed by atoms with Crippen LogP contribution >= 0.6 is 11.6 Å². The molecule has 108 valence electrons. The molecule has 0 aliphatic carbocycles. The minimum absolute atomic E-state index is 0.0539. The van der Waals surface area contributed by atoms with E-state index in [-0.39, 0.29) is 5.54 Å². The first-order valence-electron chi connectivity index (χ1n) is 6.72. The van der Waals surface area contributed by atoms with Crippen molar-refractivity contribution < 1.29 is 0 Å². The van der Waals surface area contributed by atoms with Crippen LogP contribution in [0.2, 0.25) is 5.02 Å². The third-order valence-electron chi connectivity index (χ3n) is 3.00. The standard InChI is InChI=1S/C15H21ClN4/c1-11-5-6-12(13(16)7-11)9-20-14(17-10-19-20)8-18-15(2,3)4/h5-7,10,18H,8-9H2,1-4H3. The fourth-order valence-corrected chi connectivity index (χ4v) is 2.14. The third-order valence-corrected chi connectivity index (χ3v) is 3.35. The molecule has 1 aromatic carbocycles. The van der Waals surface area contributed by atoms with Gasteiger partial charge in [-0.05, 0) is 44.9 Å². The second-order valence-corrected chi connectivity index (χ2v) is 6.44. The molecular formula is C15H21ClN4. The van der Waals surface area contributed by atoms with E-state index in [1.165, 1.54) is 0 Å². The molecule has 0 aliphatic rings. The minimum Gasteiger partial charge on any atom is -0.305 e. The zero-order valence-electron chi connectivity index (χ0n) is 12.4. The van der Waals surface area contributed by atoms with Crippen LogP contribution in [-0.2, 0) is 13.1 Å². The predicted molar refractivity (Wildman–Crippen MR) is 81.9 cm³/mol. The molecule has 0 spiro atoms. The Morgan fingerprint density at radius 3 is 2.70 bits per heavy atom. The number of hydrogen-bond donors (Lipinski definition) is 1. The zero-order chi connectivity index (χ0) is 14.8. The van der Waals surface area contributed by atoms with Gasteiger partial charge in [0.25, 0.3) is 0 Å². The summed E-state index contributed by atoms with van der Waals surface area (Å²) in [4.78, 5) is 4.31. The molecule has 20 heavy (non-hydrogen) atoms. The summed E-state index contributed by atoms with van der Waals surface area (Å²) in [5, 5.41) is 8.47. The summed E-state index contributed by atoms with van der Waals surface area (Å²) in [6.07, 6.45) is 1.59. The molecule has 2 aromatic rings. The van der Waals surface area contributed by atoms with Gasteiger partial charge in [-0.1, -0.05) is 23.7 Å². The highest BCUT2D eigenvalue weighted by molar-refractivity contribution is 6.31. The van der Waals surface area contributed by atoms with E-state index in [0.717, 1.165) is 22.0 Å². The van der Waals surface area contributed by atoms with Gasteiger partial charge in [0.2, 0.25) is 0 Å². The van der Waals surface area contributed by atoms with Crippen molar-refractivity contribution in [2.24, 2.45) is 0 Å². The van der Waals surface area contributed by atoms with E-state index in [9.17, 15) is 0 Å². The molecule has 0 unspecified atom stereocenters. The molecule has 0 saturated heterocycles. The molecule has 2 rings (SSSR count). The van der Waals surface area contributed by atoms with Crippen molar-refractivity contribution in [2.45, 2.75) is 46.3 Å². The monoisotopic (exact) mass is 292 g/mol. The van der Waals surface area contributed by atoms with Crippen molar-refractivity contribution in [3.63, 3.8) is 0 Å². The maximum Gasteiger partial charge on any atom is 0.141 e. The topological polar surface area (TPSA) is 42.7 Å². The lowest BCUT2D eigenvalue weighted by Crippen LogP contribution is -2.36. The number of aromatic nitrogens is 3. The average molecular weight is 293 g/mol. The summed E-state index contributed by atoms with van der Waals surface area (Å²) in [6.45, 7) is 9.75. The second-order valence-electron chi connectivity index (χ2n) is 6.03. The quantitative estimate of drug-likeness (QED) is 0.941. The number of nitrogens with zero attached hydrogens (tertiary/aromatic N) is 3. The summed E-state index contributed by atoms with van der Waals surface area (Å²) in [7, 11) is 0. The van der Waals surface area contributed by atoms with Gasteiger partial charge in [-0.3, -0.25) is 0 Å². The number of nitrogens with one attached hydrogen (secondary N) is 1. The Kier molecular flexibility index (Phi) is 4.45. The van der Waals surface area contributed by atoms with Gasteiger partial charge in [0.1, 0.15) is 12.2 Å². The van der Waals surface area contributed by atoms with Gasteiger partial charge in [-0.25, -0.2) is 9.67 Å². The highest BCUT2D eigenvalue weighted by Gasteiger charge is 2.12. The Morgan fingerprint density at radius 1 is 1.30 bits per heavy atom. The summed E-state index contributed by atoms with van der Waals surface area (Å²) in [5.41, 5.74) is 2.27. The van der Waals surface area contributed by atoms with Gasteiger partial charge in [0.15, 0.2) is 0 Å². The van der Waals surface area contributed by atoms with Gasteiger partial charge in [-0.2, -0.15) is 5.10 Å². The molecule has 5 heteroatoms. The fourth-order valence-electron chi connectivity index (χ4n) is 1.84. The first-order chi connectivity index (χ1) is 9.35. The van der Waals surface area contributed by atoms with E-state index in [1.807, 2.05) is 23.7 Å². The van der Waals surface area contributed by atoms with Crippen LogP contribution < -0.4 is 5.32 Å². The van der Waals surface area contributed by atoms with Crippen molar-refractivity contribution in [1.82, 2.24) is 20.1 Å². The molecule has 0 bridgehead atoms. The summed E-state index contributed by atoms with van der Waals surface area (Å²) in [6, 6.07) is 6.08. The maximum atomic E-state index is 6.27. The molecule has 0 saturated carbocycles. The summed E-state index contributed by atoms with van der Waals surface area (Å²) < 4.78 is 1.88. The third kappa shape index (κ3) is 4.05. The highest BCUT2D eigenvalue weighted by atomic mass is 35.5. The van der Waals surface area contributed by atoms with Gasteiger partial charge >= 0.3 is 0 Å². The van der Waals surface area contributed by atoms with Crippen LogP contribution in [0.5, 0.6) is 0 Å². The molecule has 0 radical (unpaired) electrons. The van der Waals surface area contributed by atoms with E-state index < -0.39 is 0 Å². The molecule has 0 atom stereocenters. The molecule has 0 amide bonds. The predicted octanol–water partition coefficient (Wildman–Crippen LogP) is 3.18. The number of rotatable bonds is 4. The second kappa shape index (κ2) is 5.94. The van der Waals surface area contributed by atoms with E-state index in [2.05, 4.69) is 42.2 Å². The van der Waals surface area contributed by atoms with Crippen LogP contribution in [-0.4, -0.2) is 20.3 Å². The van der Waals surface area contributed by atoms with Crippen molar-refractivity contribution in [2.75, 3.05) is 0 Å². The Hall–Kier alpha value is -1.39. The van der Waals surface area contributed by atoms with Crippen LogP contribution in [0.1, 0.15) is 37.7 Å². The van der Waals surface area contributed by atoms with Crippen molar-refractivity contribution >= 4 is 11.6 Å². The molecule has 0 fully saturated rings. The van der Waals surface area contributed by atoms with Gasteiger partial charge in [0, 0.05) is 10.6 Å². The van der Waals surface area contributed by atoms with Crippen molar-refractivity contribution in [3.05, 3.63) is 46.5 Å². The summed E-state index contributed by atoms with van der Waals surface area (Å²) in [5.74, 6) is 0.913. The average Bonchev–Trinajstić information content (AvgIpc) is 2.77. The van der Waals surface area contributed by atoms with Gasteiger partial charge in [-0.15, -0.1) is 0 Å². The smallest absolute Gasteiger partial charge is 0.141 e. The summed E-state index contributed by atoms with van der Waals surface area (Å²) >= 11 is 6.27. The Balaban J connectivity index is 2.12. The van der Waals surface area contributed by atoms with E-state index in [4.69, 9.17) is 11.6 Å². The Morgan fingerprint density at radius 2 is 2.05 bits per heavy atom. The lowest BCUT2D eigenvalue weighted by molar-refractivity contribution is 0.410. The molecule has 0 aliphatic heterocycles. The molecule has 4 nitrogen and oxygen atoms in total. The van der Waals surface area contributed by atoms with Crippen LogP contribution in [0.25, 0.3) is 0 Å². The fraction of sp³-hybridized carbons (Fsp3) is 0.467. The highest BCUT2D eigenvalue weighted by Crippen LogP contribution is 2.18. The SMILES string of the molecule is Cc1ccc(Cn2ncnc2CNC(C)(C)C)c(Cl)c1. The van der Waals surface area contributed by atoms with Gasteiger partial charge in [0.05, 0.1) is 13.1 Å². The largest absolute Gasteiger partial charge is 0.305 e. The van der Waals surface area contributed by atoms with E-state index in [0.29, 0.717) is 13.1 Å². The molecule has 1 heterocycles. The first kappa shape index (κ1) is 15.0. The number of aryl methyl sites for hydroxylation is 1. The van der Waals surface area contributed by atoms with Crippen LogP contribution in [0.15, 0.2) is 24.5 Å². The minimum atomic E-state index is 0.0539. The molecule has 1 N–H and O–H groups in total. The molecule has 1 aromatic heterocycles. The number of halogens is 1. The first-order valence-corrected chi connectivity index (χ1v) is 7.10. The normalized spacial score (nSPS) is 11.8. The molecular weight excluding hydrogens is 272 g/mol. The number of hydrogen-bond acceptors (Lipinski definition) is 3. The van der Waals surface area contributed by atoms with Crippen molar-refractivity contribution in [1.29, 1.82) is 0 Å². The van der Waals surface area contributed by atoms with Crippen LogP contribution in [0.3, 0.4) is 0 Å². The maximum absolute atomic E-state index is 6.27. The zero-order valence-corrected chi connectivity index (χ0v) is 13.2. The Labute approximate surface area is 125 Å². The van der Waals surface area contributed by atoms with Crippen molar-refractivity contribution in [3.8, 4) is 0 Å². The van der Waals surface area contributed by atoms with Crippen LogP contribution in [0.4, 0.5) is 0 Å². The van der Waals surface area contributed by atoms with Gasteiger partial charge < -0.3 is 5.32 Å².